The Balaban J connectivity index is 1.96. The van der Waals surface area contributed by atoms with Gasteiger partial charge in [-0.2, -0.15) is 0 Å². The maximum Gasteiger partial charge on any atom is 0.257 e. The number of methoxy groups -OCH3 is 2. The first kappa shape index (κ1) is 15.8. The zero-order valence-electron chi connectivity index (χ0n) is 12.3. The molecule has 2 N–H and O–H groups in total. The highest BCUT2D eigenvalue weighted by Crippen LogP contribution is 2.15. The molecule has 0 unspecified atom stereocenters. The van der Waals surface area contributed by atoms with Crippen LogP contribution >= 0.6 is 12.2 Å². The van der Waals surface area contributed by atoms with Crippen molar-refractivity contribution in [2.45, 2.75) is 0 Å². The van der Waals surface area contributed by atoms with Gasteiger partial charge in [0.1, 0.15) is 11.5 Å². The Labute approximate surface area is 134 Å². The number of hydrogen-bond acceptors (Lipinski definition) is 4. The van der Waals surface area contributed by atoms with E-state index in [1.807, 2.05) is 12.1 Å². The molecule has 0 radical (unpaired) electrons. The van der Waals surface area contributed by atoms with Crippen LogP contribution in [0.25, 0.3) is 0 Å². The highest BCUT2D eigenvalue weighted by atomic mass is 32.1. The summed E-state index contributed by atoms with van der Waals surface area (Å²) in [4.78, 5) is 12.1. The number of rotatable bonds is 4. The van der Waals surface area contributed by atoms with Crippen molar-refractivity contribution in [1.29, 1.82) is 0 Å². The summed E-state index contributed by atoms with van der Waals surface area (Å²) in [5.41, 5.74) is 1.23. The lowest BCUT2D eigenvalue weighted by molar-refractivity contribution is 0.0977. The van der Waals surface area contributed by atoms with Gasteiger partial charge in [0.15, 0.2) is 5.11 Å². The van der Waals surface area contributed by atoms with Crippen LogP contribution in [0.1, 0.15) is 10.4 Å². The van der Waals surface area contributed by atoms with Gasteiger partial charge in [0, 0.05) is 11.3 Å². The molecule has 2 aromatic rings. The van der Waals surface area contributed by atoms with Crippen LogP contribution in [0.2, 0.25) is 0 Å². The van der Waals surface area contributed by atoms with Gasteiger partial charge in [-0.1, -0.05) is 6.07 Å². The Bertz CT molecular complexity index is 671. The molecule has 0 fully saturated rings. The normalized spacial score (nSPS) is 9.73. The summed E-state index contributed by atoms with van der Waals surface area (Å²) >= 11 is 5.13. The monoisotopic (exact) mass is 316 g/mol. The van der Waals surface area contributed by atoms with Crippen molar-refractivity contribution in [1.82, 2.24) is 5.32 Å². The van der Waals surface area contributed by atoms with Crippen LogP contribution in [0.15, 0.2) is 48.5 Å². The SMILES string of the molecule is COc1ccc(NC(=S)NC(=O)c2cccc(OC)c2)cc1. The van der Waals surface area contributed by atoms with Gasteiger partial charge in [-0.05, 0) is 54.7 Å². The van der Waals surface area contributed by atoms with Crippen LogP contribution in [0.5, 0.6) is 11.5 Å². The third-order valence-corrected chi connectivity index (χ3v) is 3.11. The van der Waals surface area contributed by atoms with Crippen LogP contribution in [0.3, 0.4) is 0 Å². The van der Waals surface area contributed by atoms with E-state index in [0.29, 0.717) is 11.3 Å². The summed E-state index contributed by atoms with van der Waals surface area (Å²) in [7, 11) is 3.15. The van der Waals surface area contributed by atoms with E-state index in [0.717, 1.165) is 11.4 Å². The zero-order chi connectivity index (χ0) is 15.9. The molecule has 6 heteroatoms. The van der Waals surface area contributed by atoms with E-state index in [1.165, 1.54) is 0 Å². The molecule has 22 heavy (non-hydrogen) atoms. The van der Waals surface area contributed by atoms with E-state index in [-0.39, 0.29) is 11.0 Å². The number of benzene rings is 2. The fourth-order valence-corrected chi connectivity index (χ4v) is 1.99. The van der Waals surface area contributed by atoms with E-state index in [9.17, 15) is 4.79 Å². The summed E-state index contributed by atoms with van der Waals surface area (Å²) in [5, 5.41) is 5.77. The van der Waals surface area contributed by atoms with Crippen molar-refractivity contribution < 1.29 is 14.3 Å². The van der Waals surface area contributed by atoms with Crippen LogP contribution in [0, 0.1) is 0 Å². The lowest BCUT2D eigenvalue weighted by atomic mass is 10.2. The van der Waals surface area contributed by atoms with Crippen molar-refractivity contribution in [3.8, 4) is 11.5 Å². The zero-order valence-corrected chi connectivity index (χ0v) is 13.1. The molecule has 2 rings (SSSR count). The lowest BCUT2D eigenvalue weighted by Gasteiger charge is -2.10. The van der Waals surface area contributed by atoms with Gasteiger partial charge in [-0.3, -0.25) is 10.1 Å². The number of anilines is 1. The van der Waals surface area contributed by atoms with Gasteiger partial charge in [0.05, 0.1) is 14.2 Å². The number of carbonyl (C=O) groups excluding carboxylic acids is 1. The molecular weight excluding hydrogens is 300 g/mol. The maximum atomic E-state index is 12.1. The topological polar surface area (TPSA) is 59.6 Å². The second kappa shape index (κ2) is 7.42. The molecule has 0 spiro atoms. The Hall–Kier alpha value is -2.60. The fourth-order valence-electron chi connectivity index (χ4n) is 1.78. The highest BCUT2D eigenvalue weighted by Gasteiger charge is 2.09. The van der Waals surface area contributed by atoms with Gasteiger partial charge >= 0.3 is 0 Å². The molecule has 1 amide bonds. The van der Waals surface area contributed by atoms with Crippen LogP contribution in [-0.4, -0.2) is 25.2 Å². The van der Waals surface area contributed by atoms with E-state index in [4.69, 9.17) is 21.7 Å². The summed E-state index contributed by atoms with van der Waals surface area (Å²) < 4.78 is 10.2. The number of thiocarbonyl (C=S) groups is 1. The minimum atomic E-state index is -0.301. The molecule has 0 aliphatic heterocycles. The number of ether oxygens (including phenoxy) is 2. The van der Waals surface area contributed by atoms with Crippen LogP contribution < -0.4 is 20.1 Å². The Morgan fingerprint density at radius 2 is 1.68 bits per heavy atom. The van der Waals surface area contributed by atoms with Gasteiger partial charge < -0.3 is 14.8 Å². The largest absolute Gasteiger partial charge is 0.497 e. The molecule has 0 aliphatic rings. The smallest absolute Gasteiger partial charge is 0.257 e. The van der Waals surface area contributed by atoms with Gasteiger partial charge in [0.2, 0.25) is 0 Å². The molecule has 0 saturated heterocycles. The molecule has 0 aliphatic carbocycles. The lowest BCUT2D eigenvalue weighted by Crippen LogP contribution is -2.34. The highest BCUT2D eigenvalue weighted by molar-refractivity contribution is 7.80. The van der Waals surface area contributed by atoms with E-state index in [2.05, 4.69) is 10.6 Å². The molecule has 5 nitrogen and oxygen atoms in total. The molecule has 0 heterocycles. The number of carbonyl (C=O) groups is 1. The summed E-state index contributed by atoms with van der Waals surface area (Å²) in [6.07, 6.45) is 0. The first-order valence-electron chi connectivity index (χ1n) is 6.53. The molecular formula is C16H16N2O3S. The third kappa shape index (κ3) is 4.20. The average Bonchev–Trinajstić information content (AvgIpc) is 2.55. The van der Waals surface area contributed by atoms with Crippen molar-refractivity contribution in [2.24, 2.45) is 0 Å². The summed E-state index contributed by atoms with van der Waals surface area (Å²) in [6, 6.07) is 14.1. The van der Waals surface area contributed by atoms with Crippen LogP contribution in [0.4, 0.5) is 5.69 Å². The van der Waals surface area contributed by atoms with Crippen molar-refractivity contribution in [3.63, 3.8) is 0 Å². The van der Waals surface area contributed by atoms with Gasteiger partial charge in [-0.25, -0.2) is 0 Å². The number of nitrogens with one attached hydrogen (secondary N) is 2. The quantitative estimate of drug-likeness (QED) is 0.850. The molecule has 0 aromatic heterocycles. The van der Waals surface area contributed by atoms with Crippen molar-refractivity contribution >= 4 is 28.9 Å². The Morgan fingerprint density at radius 1 is 1.00 bits per heavy atom. The second-order valence-electron chi connectivity index (χ2n) is 4.37. The standard InChI is InChI=1S/C16H16N2O3S/c1-20-13-8-6-12(7-9-13)17-16(22)18-15(19)11-4-3-5-14(10-11)21-2/h3-10H,1-2H3,(H2,17,18,19,22). The summed E-state index contributed by atoms with van der Waals surface area (Å²) in [6.45, 7) is 0. The maximum absolute atomic E-state index is 12.1. The molecule has 0 bridgehead atoms. The summed E-state index contributed by atoms with van der Waals surface area (Å²) in [5.74, 6) is 1.06. The number of amides is 1. The van der Waals surface area contributed by atoms with Gasteiger partial charge in [0.25, 0.3) is 5.91 Å². The molecule has 114 valence electrons. The van der Waals surface area contributed by atoms with Gasteiger partial charge in [-0.15, -0.1) is 0 Å². The average molecular weight is 316 g/mol. The Kier molecular flexibility index (Phi) is 5.32. The molecule has 0 saturated carbocycles. The first-order valence-corrected chi connectivity index (χ1v) is 6.93. The second-order valence-corrected chi connectivity index (χ2v) is 4.78. The Morgan fingerprint density at radius 3 is 2.32 bits per heavy atom. The van der Waals surface area contributed by atoms with Crippen LogP contribution in [-0.2, 0) is 0 Å². The fraction of sp³-hybridized carbons (Fsp3) is 0.125. The molecule has 2 aromatic carbocycles. The van der Waals surface area contributed by atoms with E-state index in [1.54, 1.807) is 50.6 Å². The predicted octanol–water partition coefficient (Wildman–Crippen LogP) is 2.83. The van der Waals surface area contributed by atoms with Crippen molar-refractivity contribution in [2.75, 3.05) is 19.5 Å². The minimum Gasteiger partial charge on any atom is -0.497 e. The minimum absolute atomic E-state index is 0.220. The van der Waals surface area contributed by atoms with E-state index < -0.39 is 0 Å². The van der Waals surface area contributed by atoms with Crippen molar-refractivity contribution in [3.05, 3.63) is 54.1 Å². The molecule has 0 atom stereocenters. The van der Waals surface area contributed by atoms with E-state index >= 15 is 0 Å². The first-order chi connectivity index (χ1) is 10.6. The third-order valence-electron chi connectivity index (χ3n) is 2.91. The predicted molar refractivity (Wildman–Crippen MR) is 89.7 cm³/mol. The number of hydrogen-bond donors (Lipinski definition) is 2.